The summed E-state index contributed by atoms with van der Waals surface area (Å²) in [5.74, 6) is -0.0381. The van der Waals surface area contributed by atoms with Gasteiger partial charge in [-0.25, -0.2) is 0 Å². The number of Topliss-reactive ketones (excluding diaryl/α,β-unsaturated/α-hetero) is 1. The Labute approximate surface area is 139 Å². The molecule has 5 N–H and O–H groups in total. The molecule has 0 aromatic rings. The van der Waals surface area contributed by atoms with Gasteiger partial charge in [0, 0.05) is 20.0 Å². The lowest BCUT2D eigenvalue weighted by atomic mass is 10.1. The minimum atomic E-state index is -0.389. The number of ketones is 1. The van der Waals surface area contributed by atoms with Gasteiger partial charge in [-0.15, -0.1) is 0 Å². The number of nitrogens with one attached hydrogen (secondary N) is 3. The normalized spacial score (nSPS) is 13.2. The molecular weight excluding hydrogens is 296 g/mol. The second-order valence-corrected chi connectivity index (χ2v) is 5.82. The Kier molecular flexibility index (Phi) is 12.2. The number of unbranched alkanes of at least 4 members (excludes halogenated alkanes) is 2. The third-order valence-corrected chi connectivity index (χ3v) is 3.72. The van der Waals surface area contributed by atoms with Crippen LogP contribution in [0, 0.1) is 0 Å². The number of likely N-dealkylation sites (N-methyl/N-ethyl adjacent to an activating group) is 1. The predicted octanol–water partition coefficient (Wildman–Crippen LogP) is 0.0836. The van der Waals surface area contributed by atoms with Gasteiger partial charge in [0.1, 0.15) is 5.78 Å². The second-order valence-electron chi connectivity index (χ2n) is 5.82. The van der Waals surface area contributed by atoms with Gasteiger partial charge >= 0.3 is 0 Å². The van der Waals surface area contributed by atoms with Crippen molar-refractivity contribution in [3.05, 3.63) is 0 Å². The molecule has 134 valence electrons. The Balaban J connectivity index is 3.76. The van der Waals surface area contributed by atoms with Crippen molar-refractivity contribution >= 4 is 17.6 Å². The lowest BCUT2D eigenvalue weighted by molar-refractivity contribution is -0.123. The highest BCUT2D eigenvalue weighted by Gasteiger charge is 2.15. The minimum absolute atomic E-state index is 0.00328. The van der Waals surface area contributed by atoms with E-state index in [1.807, 2.05) is 0 Å². The van der Waals surface area contributed by atoms with Crippen molar-refractivity contribution in [3.8, 4) is 0 Å². The van der Waals surface area contributed by atoms with E-state index < -0.39 is 0 Å². The van der Waals surface area contributed by atoms with Gasteiger partial charge in [0.05, 0.1) is 12.1 Å². The summed E-state index contributed by atoms with van der Waals surface area (Å²) in [5, 5.41) is 8.65. The molecule has 0 aromatic carbocycles. The minimum Gasteiger partial charge on any atom is -0.356 e. The number of nitrogens with two attached hydrogens (primary N) is 1. The van der Waals surface area contributed by atoms with Crippen LogP contribution in [0.4, 0.5) is 0 Å². The van der Waals surface area contributed by atoms with Crippen LogP contribution in [0.2, 0.25) is 0 Å². The second kappa shape index (κ2) is 13.0. The molecule has 0 rings (SSSR count). The summed E-state index contributed by atoms with van der Waals surface area (Å²) in [6.07, 6.45) is 4.75. The molecule has 7 nitrogen and oxygen atoms in total. The molecule has 0 aromatic heterocycles. The van der Waals surface area contributed by atoms with Crippen molar-refractivity contribution in [1.29, 1.82) is 0 Å². The van der Waals surface area contributed by atoms with Crippen LogP contribution in [0.3, 0.4) is 0 Å². The van der Waals surface area contributed by atoms with E-state index in [1.54, 1.807) is 7.05 Å². The maximum Gasteiger partial charge on any atom is 0.237 e. The van der Waals surface area contributed by atoms with Crippen LogP contribution in [0.15, 0.2) is 0 Å². The van der Waals surface area contributed by atoms with Crippen LogP contribution < -0.4 is 21.7 Å². The van der Waals surface area contributed by atoms with Crippen molar-refractivity contribution in [2.75, 3.05) is 20.1 Å². The van der Waals surface area contributed by atoms with Crippen LogP contribution >= 0.6 is 0 Å². The molecule has 7 heteroatoms. The standard InChI is InChI=1S/C16H32N4O3/c1-12(21)14(17)8-4-6-11-20-16(23)15(18-3)9-5-7-10-19-13(2)22/h14-15,18H,4-11,17H2,1-3H3,(H,19,22)(H,20,23). The van der Waals surface area contributed by atoms with Gasteiger partial charge in [0.15, 0.2) is 0 Å². The third-order valence-electron chi connectivity index (χ3n) is 3.72. The SMILES string of the molecule is CNC(CCCCNC(C)=O)C(=O)NCCCCC(N)C(C)=O. The highest BCUT2D eigenvalue weighted by Crippen LogP contribution is 2.02. The molecule has 2 unspecified atom stereocenters. The van der Waals surface area contributed by atoms with E-state index in [9.17, 15) is 14.4 Å². The Morgan fingerprint density at radius 1 is 0.913 bits per heavy atom. The summed E-state index contributed by atoms with van der Waals surface area (Å²) in [6, 6.07) is -0.605. The molecule has 0 aliphatic heterocycles. The number of rotatable bonds is 13. The van der Waals surface area contributed by atoms with E-state index in [0.717, 1.165) is 32.1 Å². The van der Waals surface area contributed by atoms with Crippen LogP contribution in [0.25, 0.3) is 0 Å². The van der Waals surface area contributed by atoms with Gasteiger partial charge in [-0.05, 0) is 52.5 Å². The van der Waals surface area contributed by atoms with Crippen LogP contribution in [0.5, 0.6) is 0 Å². The van der Waals surface area contributed by atoms with Gasteiger partial charge in [-0.1, -0.05) is 0 Å². The zero-order chi connectivity index (χ0) is 17.7. The predicted molar refractivity (Wildman–Crippen MR) is 90.9 cm³/mol. The molecule has 0 saturated carbocycles. The van der Waals surface area contributed by atoms with Crippen LogP contribution in [-0.4, -0.2) is 49.8 Å². The molecule has 2 amide bonds. The average Bonchev–Trinajstić information content (AvgIpc) is 2.49. The molecule has 0 aliphatic rings. The van der Waals surface area contributed by atoms with Crippen molar-refractivity contribution < 1.29 is 14.4 Å². The molecule has 0 radical (unpaired) electrons. The van der Waals surface area contributed by atoms with Gasteiger partial charge in [0.2, 0.25) is 11.8 Å². The van der Waals surface area contributed by atoms with E-state index in [2.05, 4.69) is 16.0 Å². The Morgan fingerprint density at radius 2 is 1.48 bits per heavy atom. The van der Waals surface area contributed by atoms with Crippen molar-refractivity contribution in [2.24, 2.45) is 5.73 Å². The molecule has 0 fully saturated rings. The maximum absolute atomic E-state index is 12.0. The molecular formula is C16H32N4O3. The van der Waals surface area contributed by atoms with Gasteiger partial charge in [-0.3, -0.25) is 14.4 Å². The smallest absolute Gasteiger partial charge is 0.237 e. The quantitative estimate of drug-likeness (QED) is 0.358. The van der Waals surface area contributed by atoms with Gasteiger partial charge < -0.3 is 21.7 Å². The zero-order valence-electron chi connectivity index (χ0n) is 14.6. The fraction of sp³-hybridized carbons (Fsp3) is 0.812. The molecule has 2 atom stereocenters. The van der Waals surface area contributed by atoms with E-state index in [4.69, 9.17) is 5.73 Å². The first kappa shape index (κ1) is 21.5. The Bertz CT molecular complexity index is 374. The molecule has 0 saturated heterocycles. The van der Waals surface area contributed by atoms with Crippen molar-refractivity contribution in [2.45, 2.75) is 64.5 Å². The molecule has 23 heavy (non-hydrogen) atoms. The summed E-state index contributed by atoms with van der Waals surface area (Å²) in [4.78, 5) is 33.8. The first-order valence-electron chi connectivity index (χ1n) is 8.34. The summed E-state index contributed by atoms with van der Waals surface area (Å²) >= 11 is 0. The number of hydrogen-bond acceptors (Lipinski definition) is 5. The number of carbonyl (C=O) groups excluding carboxylic acids is 3. The fourth-order valence-electron chi connectivity index (χ4n) is 2.17. The van der Waals surface area contributed by atoms with E-state index >= 15 is 0 Å². The summed E-state index contributed by atoms with van der Waals surface area (Å²) in [5.41, 5.74) is 5.65. The number of amides is 2. The topological polar surface area (TPSA) is 113 Å². The lowest BCUT2D eigenvalue weighted by Gasteiger charge is -2.16. The monoisotopic (exact) mass is 328 g/mol. The highest BCUT2D eigenvalue weighted by atomic mass is 16.2. The van der Waals surface area contributed by atoms with E-state index in [1.165, 1.54) is 13.8 Å². The average molecular weight is 328 g/mol. The van der Waals surface area contributed by atoms with Gasteiger partial charge in [-0.2, -0.15) is 0 Å². The van der Waals surface area contributed by atoms with E-state index in [0.29, 0.717) is 19.5 Å². The fourth-order valence-corrected chi connectivity index (χ4v) is 2.17. The lowest BCUT2D eigenvalue weighted by Crippen LogP contribution is -2.43. The number of hydrogen-bond donors (Lipinski definition) is 4. The highest BCUT2D eigenvalue weighted by molar-refractivity contribution is 5.81. The summed E-state index contributed by atoms with van der Waals surface area (Å²) in [7, 11) is 1.77. The molecule has 0 aliphatic carbocycles. The van der Waals surface area contributed by atoms with Crippen LogP contribution in [-0.2, 0) is 14.4 Å². The Hall–Kier alpha value is -1.47. The largest absolute Gasteiger partial charge is 0.356 e. The van der Waals surface area contributed by atoms with E-state index in [-0.39, 0.29) is 29.7 Å². The first-order chi connectivity index (χ1) is 10.9. The number of carbonyl (C=O) groups is 3. The Morgan fingerprint density at radius 3 is 2.00 bits per heavy atom. The molecule has 0 heterocycles. The van der Waals surface area contributed by atoms with Crippen LogP contribution in [0.1, 0.15) is 52.4 Å². The zero-order valence-corrected chi connectivity index (χ0v) is 14.6. The molecule has 0 bridgehead atoms. The third kappa shape index (κ3) is 11.7. The summed E-state index contributed by atoms with van der Waals surface area (Å²) < 4.78 is 0. The van der Waals surface area contributed by atoms with Crippen molar-refractivity contribution in [3.63, 3.8) is 0 Å². The van der Waals surface area contributed by atoms with Gasteiger partial charge in [0.25, 0.3) is 0 Å². The van der Waals surface area contributed by atoms with Crippen molar-refractivity contribution in [1.82, 2.24) is 16.0 Å². The first-order valence-corrected chi connectivity index (χ1v) is 8.34. The summed E-state index contributed by atoms with van der Waals surface area (Å²) in [6.45, 7) is 4.22. The molecule has 0 spiro atoms. The maximum atomic E-state index is 12.0.